The minimum absolute atomic E-state index is 0.0900. The third-order valence-electron chi connectivity index (χ3n) is 3.40. The van der Waals surface area contributed by atoms with Gasteiger partial charge in [0.15, 0.2) is 0 Å². The fourth-order valence-electron chi connectivity index (χ4n) is 2.06. The lowest BCUT2D eigenvalue weighted by Gasteiger charge is -2.16. The molecule has 0 spiro atoms. The molecule has 0 aliphatic carbocycles. The molecule has 0 amide bonds. The molecule has 2 rings (SSSR count). The van der Waals surface area contributed by atoms with Gasteiger partial charge in [-0.05, 0) is 25.5 Å². The quantitative estimate of drug-likeness (QED) is 0.786. The van der Waals surface area contributed by atoms with Gasteiger partial charge < -0.3 is 5.32 Å². The smallest absolute Gasteiger partial charge is 0.213 e. The second-order valence-corrected chi connectivity index (χ2v) is 7.23. The molecular weight excluding hydrogens is 307 g/mol. The van der Waals surface area contributed by atoms with Crippen LogP contribution >= 0.6 is 0 Å². The average molecular weight is 326 g/mol. The van der Waals surface area contributed by atoms with E-state index in [1.54, 1.807) is 26.1 Å². The lowest BCUT2D eigenvalue weighted by molar-refractivity contribution is 0.466. The minimum Gasteiger partial charge on any atom is -0.369 e. The summed E-state index contributed by atoms with van der Waals surface area (Å²) in [7, 11) is -1.59. The van der Waals surface area contributed by atoms with Crippen molar-refractivity contribution in [1.82, 2.24) is 14.3 Å². The highest BCUT2D eigenvalue weighted by Gasteiger charge is 2.14. The summed E-state index contributed by atoms with van der Waals surface area (Å²) in [6.45, 7) is 2.57. The van der Waals surface area contributed by atoms with Crippen LogP contribution in [-0.4, -0.2) is 48.6 Å². The first kappa shape index (κ1) is 16.6. The van der Waals surface area contributed by atoms with Gasteiger partial charge in [0.2, 0.25) is 10.0 Å². The lowest BCUT2D eigenvalue weighted by atomic mass is 10.2. The molecule has 8 heteroatoms. The number of anilines is 1. The number of fused-ring (bicyclic) bond motifs is 1. The van der Waals surface area contributed by atoms with Crippen LogP contribution in [-0.2, 0) is 10.0 Å². The van der Waals surface area contributed by atoms with E-state index in [1.165, 1.54) is 16.7 Å². The van der Waals surface area contributed by atoms with Crippen LogP contribution in [0.1, 0.15) is 13.3 Å². The summed E-state index contributed by atoms with van der Waals surface area (Å²) in [6.07, 6.45) is 1.93. The summed E-state index contributed by atoms with van der Waals surface area (Å²) >= 11 is 0. The third kappa shape index (κ3) is 3.69. The number of nitrogens with one attached hydrogen (secondary N) is 1. The Hall–Kier alpha value is -1.80. The van der Waals surface area contributed by atoms with Crippen molar-refractivity contribution in [3.05, 3.63) is 30.3 Å². The molecule has 2 aromatic rings. The minimum atomic E-state index is -3.15. The van der Waals surface area contributed by atoms with Crippen molar-refractivity contribution < 1.29 is 12.8 Å². The molecule has 0 bridgehead atoms. The van der Waals surface area contributed by atoms with Crippen molar-refractivity contribution >= 4 is 26.7 Å². The number of nitrogens with zero attached hydrogens (tertiary/aromatic N) is 3. The summed E-state index contributed by atoms with van der Waals surface area (Å²) in [5.41, 5.74) is 0.269. The van der Waals surface area contributed by atoms with Gasteiger partial charge in [0, 0.05) is 25.5 Å². The van der Waals surface area contributed by atoms with Crippen molar-refractivity contribution in [2.24, 2.45) is 0 Å². The molecule has 1 N–H and O–H groups in total. The molecule has 0 radical (unpaired) electrons. The molecule has 0 fully saturated rings. The molecule has 0 atom stereocenters. The highest BCUT2D eigenvalue weighted by molar-refractivity contribution is 7.89. The molecule has 0 saturated heterocycles. The van der Waals surface area contributed by atoms with Crippen molar-refractivity contribution in [3.8, 4) is 0 Å². The molecule has 22 heavy (non-hydrogen) atoms. The van der Waals surface area contributed by atoms with E-state index in [0.29, 0.717) is 30.7 Å². The Morgan fingerprint density at radius 2 is 2.09 bits per heavy atom. The zero-order valence-electron chi connectivity index (χ0n) is 12.6. The van der Waals surface area contributed by atoms with E-state index >= 15 is 0 Å². The van der Waals surface area contributed by atoms with Gasteiger partial charge in [-0.3, -0.25) is 0 Å². The van der Waals surface area contributed by atoms with Crippen LogP contribution in [0.15, 0.2) is 24.5 Å². The highest BCUT2D eigenvalue weighted by Crippen LogP contribution is 2.20. The van der Waals surface area contributed by atoms with E-state index in [4.69, 9.17) is 0 Å². The Bertz CT molecular complexity index is 752. The second kappa shape index (κ2) is 6.97. The van der Waals surface area contributed by atoms with Gasteiger partial charge in [0.05, 0.1) is 5.75 Å². The predicted octanol–water partition coefficient (Wildman–Crippen LogP) is 1.85. The van der Waals surface area contributed by atoms with Crippen molar-refractivity contribution in [1.29, 1.82) is 0 Å². The topological polar surface area (TPSA) is 75.2 Å². The fraction of sp³-hybridized carbons (Fsp3) is 0.429. The van der Waals surface area contributed by atoms with Crippen LogP contribution in [0.4, 0.5) is 10.2 Å². The fourth-order valence-corrected chi connectivity index (χ4v) is 2.91. The molecule has 0 aliphatic rings. The largest absolute Gasteiger partial charge is 0.369 e. The summed E-state index contributed by atoms with van der Waals surface area (Å²) in [5, 5.41) is 3.71. The van der Waals surface area contributed by atoms with Crippen molar-refractivity contribution in [2.75, 3.05) is 31.2 Å². The number of hydrogen-bond acceptors (Lipinski definition) is 5. The molecule has 1 aromatic carbocycles. The van der Waals surface area contributed by atoms with Crippen molar-refractivity contribution in [3.63, 3.8) is 0 Å². The first-order valence-corrected chi connectivity index (χ1v) is 8.63. The summed E-state index contributed by atoms with van der Waals surface area (Å²) in [6, 6.07) is 4.70. The SMILES string of the molecule is CCS(=O)(=O)N(C)CCCNc1ncnc2c(F)cccc12. The summed E-state index contributed by atoms with van der Waals surface area (Å²) < 4.78 is 38.2. The third-order valence-corrected chi connectivity index (χ3v) is 5.26. The molecule has 6 nitrogen and oxygen atoms in total. The number of benzene rings is 1. The molecule has 0 unspecified atom stereocenters. The number of rotatable bonds is 7. The molecule has 0 aliphatic heterocycles. The zero-order chi connectivity index (χ0) is 16.2. The van der Waals surface area contributed by atoms with Crippen LogP contribution in [0, 0.1) is 5.82 Å². The number of para-hydroxylation sites is 1. The maximum atomic E-state index is 13.6. The highest BCUT2D eigenvalue weighted by atomic mass is 32.2. The first-order chi connectivity index (χ1) is 10.5. The maximum Gasteiger partial charge on any atom is 0.213 e. The maximum absolute atomic E-state index is 13.6. The predicted molar refractivity (Wildman–Crippen MR) is 84.7 cm³/mol. The van der Waals surface area contributed by atoms with Gasteiger partial charge in [-0.2, -0.15) is 0 Å². The Labute approximate surface area is 129 Å². The molecule has 1 heterocycles. The number of hydrogen-bond donors (Lipinski definition) is 1. The van der Waals surface area contributed by atoms with Gasteiger partial charge in [-0.25, -0.2) is 27.1 Å². The first-order valence-electron chi connectivity index (χ1n) is 7.03. The van der Waals surface area contributed by atoms with Gasteiger partial charge in [0.25, 0.3) is 0 Å². The molecule has 0 saturated carbocycles. The molecule has 120 valence electrons. The van der Waals surface area contributed by atoms with E-state index < -0.39 is 15.8 Å². The van der Waals surface area contributed by atoms with E-state index in [9.17, 15) is 12.8 Å². The van der Waals surface area contributed by atoms with E-state index in [2.05, 4.69) is 15.3 Å². The van der Waals surface area contributed by atoms with Gasteiger partial charge in [-0.1, -0.05) is 6.07 Å². The van der Waals surface area contributed by atoms with Crippen LogP contribution < -0.4 is 5.32 Å². The van der Waals surface area contributed by atoms with E-state index in [-0.39, 0.29) is 11.3 Å². The summed E-state index contributed by atoms with van der Waals surface area (Å²) in [4.78, 5) is 8.04. The van der Waals surface area contributed by atoms with Gasteiger partial charge >= 0.3 is 0 Å². The average Bonchev–Trinajstić information content (AvgIpc) is 2.52. The van der Waals surface area contributed by atoms with Gasteiger partial charge in [-0.15, -0.1) is 0 Å². The Morgan fingerprint density at radius 1 is 1.32 bits per heavy atom. The monoisotopic (exact) mass is 326 g/mol. The molecule has 1 aromatic heterocycles. The second-order valence-electron chi connectivity index (χ2n) is 4.86. The standard InChI is InChI=1S/C14H19FN4O2S/c1-3-22(20,21)19(2)9-5-8-16-14-11-6-4-7-12(15)13(11)17-10-18-14/h4,6-7,10H,3,5,8-9H2,1-2H3,(H,16,17,18). The van der Waals surface area contributed by atoms with Gasteiger partial charge in [0.1, 0.15) is 23.5 Å². The number of aromatic nitrogens is 2. The number of sulfonamides is 1. The Kier molecular flexibility index (Phi) is 5.25. The summed E-state index contributed by atoms with van der Waals surface area (Å²) in [5.74, 6) is 0.245. The lowest BCUT2D eigenvalue weighted by Crippen LogP contribution is -2.30. The van der Waals surface area contributed by atoms with Crippen LogP contribution in [0.5, 0.6) is 0 Å². The number of halogens is 1. The van der Waals surface area contributed by atoms with E-state index in [1.807, 2.05) is 0 Å². The van der Waals surface area contributed by atoms with Crippen LogP contribution in [0.2, 0.25) is 0 Å². The van der Waals surface area contributed by atoms with E-state index in [0.717, 1.165) is 0 Å². The Balaban J connectivity index is 1.97. The zero-order valence-corrected chi connectivity index (χ0v) is 13.4. The Morgan fingerprint density at radius 3 is 2.82 bits per heavy atom. The normalized spacial score (nSPS) is 12.0. The van der Waals surface area contributed by atoms with Crippen LogP contribution in [0.25, 0.3) is 10.9 Å². The van der Waals surface area contributed by atoms with Crippen LogP contribution in [0.3, 0.4) is 0 Å². The van der Waals surface area contributed by atoms with Crippen molar-refractivity contribution in [2.45, 2.75) is 13.3 Å². The molecular formula is C14H19FN4O2S.